The van der Waals surface area contributed by atoms with E-state index in [9.17, 15) is 14.4 Å². The van der Waals surface area contributed by atoms with Gasteiger partial charge >= 0.3 is 0 Å². The molecule has 2 N–H and O–H groups in total. The number of anilines is 1. The van der Waals surface area contributed by atoms with Gasteiger partial charge in [-0.15, -0.1) is 0 Å². The molecule has 8 nitrogen and oxygen atoms in total. The van der Waals surface area contributed by atoms with Gasteiger partial charge in [0.2, 0.25) is 5.76 Å². The largest absolute Gasteiger partial charge is 0.484 e. The summed E-state index contributed by atoms with van der Waals surface area (Å²) >= 11 is 0. The van der Waals surface area contributed by atoms with Crippen LogP contribution in [0.5, 0.6) is 5.75 Å². The first-order valence-electron chi connectivity index (χ1n) is 10.7. The smallest absolute Gasteiger partial charge is 0.296 e. The van der Waals surface area contributed by atoms with Gasteiger partial charge in [-0.2, -0.15) is 0 Å². The molecule has 34 heavy (non-hydrogen) atoms. The number of hydrogen-bond donors (Lipinski definition) is 1. The molecule has 0 saturated heterocycles. The van der Waals surface area contributed by atoms with Crippen molar-refractivity contribution in [2.45, 2.75) is 19.9 Å². The second-order valence-corrected chi connectivity index (χ2v) is 8.27. The zero-order valence-corrected chi connectivity index (χ0v) is 18.6. The van der Waals surface area contributed by atoms with Gasteiger partial charge in [-0.25, -0.2) is 4.98 Å². The first-order valence-corrected chi connectivity index (χ1v) is 10.7. The van der Waals surface area contributed by atoms with Crippen LogP contribution >= 0.6 is 0 Å². The van der Waals surface area contributed by atoms with Crippen LogP contribution in [0.3, 0.4) is 0 Å². The van der Waals surface area contributed by atoms with Gasteiger partial charge in [0.05, 0.1) is 17.0 Å². The van der Waals surface area contributed by atoms with Gasteiger partial charge in [0, 0.05) is 6.20 Å². The summed E-state index contributed by atoms with van der Waals surface area (Å²) in [6.07, 6.45) is 1.67. The molecule has 0 radical (unpaired) electrons. The third-order valence-electron chi connectivity index (χ3n) is 5.75. The molecule has 2 aromatic carbocycles. The van der Waals surface area contributed by atoms with Crippen LogP contribution in [0.4, 0.5) is 5.82 Å². The Bertz CT molecular complexity index is 1490. The number of pyridine rings is 1. The van der Waals surface area contributed by atoms with E-state index < -0.39 is 17.9 Å². The highest BCUT2D eigenvalue weighted by molar-refractivity contribution is 6.10. The monoisotopic (exact) mass is 455 g/mol. The molecular weight excluding hydrogens is 434 g/mol. The zero-order chi connectivity index (χ0) is 24.0. The van der Waals surface area contributed by atoms with E-state index in [0.717, 1.165) is 11.1 Å². The van der Waals surface area contributed by atoms with Gasteiger partial charge in [-0.3, -0.25) is 19.3 Å². The number of hydrogen-bond acceptors (Lipinski definition) is 6. The van der Waals surface area contributed by atoms with Gasteiger partial charge in [0.1, 0.15) is 17.2 Å². The molecule has 2 aromatic heterocycles. The van der Waals surface area contributed by atoms with Gasteiger partial charge in [0.25, 0.3) is 11.8 Å². The van der Waals surface area contributed by atoms with Gasteiger partial charge < -0.3 is 14.9 Å². The first-order chi connectivity index (χ1) is 16.3. The Hall–Kier alpha value is -4.46. The van der Waals surface area contributed by atoms with Crippen LogP contribution in [0.1, 0.15) is 38.9 Å². The summed E-state index contributed by atoms with van der Waals surface area (Å²) in [7, 11) is 0. The van der Waals surface area contributed by atoms with Crippen LogP contribution in [-0.4, -0.2) is 23.4 Å². The van der Waals surface area contributed by atoms with Crippen molar-refractivity contribution in [2.24, 2.45) is 5.73 Å². The lowest BCUT2D eigenvalue weighted by Crippen LogP contribution is -2.30. The number of aryl methyl sites for hydroxylation is 2. The van der Waals surface area contributed by atoms with Crippen molar-refractivity contribution < 1.29 is 18.7 Å². The fraction of sp³-hybridized carbons (Fsp3) is 0.154. The summed E-state index contributed by atoms with van der Waals surface area (Å²) in [5.74, 6) is -0.183. The van der Waals surface area contributed by atoms with Crippen LogP contribution < -0.4 is 20.8 Å². The summed E-state index contributed by atoms with van der Waals surface area (Å²) in [5.41, 5.74) is 8.02. The Morgan fingerprint density at radius 1 is 1.06 bits per heavy atom. The van der Waals surface area contributed by atoms with E-state index in [1.807, 2.05) is 26.0 Å². The maximum atomic E-state index is 13.6. The molecular formula is C26H21N3O5. The predicted octanol–water partition coefficient (Wildman–Crippen LogP) is 3.42. The van der Waals surface area contributed by atoms with Crippen molar-refractivity contribution in [2.75, 3.05) is 11.5 Å². The van der Waals surface area contributed by atoms with E-state index in [1.54, 1.807) is 48.7 Å². The molecule has 0 spiro atoms. The average molecular weight is 455 g/mol. The van der Waals surface area contributed by atoms with Crippen LogP contribution in [-0.2, 0) is 4.79 Å². The molecule has 170 valence electrons. The molecule has 0 bridgehead atoms. The molecule has 4 aromatic rings. The van der Waals surface area contributed by atoms with E-state index in [1.165, 1.54) is 4.90 Å². The number of aromatic nitrogens is 1. The van der Waals surface area contributed by atoms with Gasteiger partial charge in [-0.05, 0) is 55.3 Å². The first kappa shape index (κ1) is 21.4. The van der Waals surface area contributed by atoms with Crippen molar-refractivity contribution >= 4 is 28.6 Å². The summed E-state index contributed by atoms with van der Waals surface area (Å²) in [6, 6.07) is 14.9. The SMILES string of the molecule is Cc1ccc(N2C(=O)c3oc4ccc(C)cc4c(=O)c3C2c2ccc(OCC(N)=O)cc2)nc1. The lowest BCUT2D eigenvalue weighted by Gasteiger charge is -2.24. The third kappa shape index (κ3) is 3.59. The summed E-state index contributed by atoms with van der Waals surface area (Å²) in [5, 5.41) is 0.414. The van der Waals surface area contributed by atoms with Crippen LogP contribution in [0, 0.1) is 13.8 Å². The maximum absolute atomic E-state index is 13.6. The standard InChI is InChI=1S/C26H21N3O5/c1-14-3-9-19-18(11-14)24(31)22-23(16-5-7-17(8-6-16)33-13-20(27)30)29(26(32)25(22)34-19)21-10-4-15(2)12-28-21/h3-12,23H,13H2,1-2H3,(H2,27,30). The van der Waals surface area contributed by atoms with E-state index in [0.29, 0.717) is 28.1 Å². The molecule has 8 heteroatoms. The number of ether oxygens (including phenoxy) is 1. The number of benzene rings is 2. The lowest BCUT2D eigenvalue weighted by molar-refractivity contribution is -0.119. The van der Waals surface area contributed by atoms with E-state index >= 15 is 0 Å². The molecule has 2 amide bonds. The molecule has 0 aliphatic carbocycles. The molecule has 0 saturated carbocycles. The molecule has 5 rings (SSSR count). The Labute approximate surface area is 194 Å². The minimum atomic E-state index is -0.746. The molecule has 3 heterocycles. The van der Waals surface area contributed by atoms with E-state index in [2.05, 4.69) is 4.98 Å². The van der Waals surface area contributed by atoms with Crippen molar-refractivity contribution in [1.29, 1.82) is 0 Å². The number of carbonyl (C=O) groups is 2. The number of carbonyl (C=O) groups excluding carboxylic acids is 2. The maximum Gasteiger partial charge on any atom is 0.296 e. The van der Waals surface area contributed by atoms with E-state index in [-0.39, 0.29) is 23.4 Å². The Morgan fingerprint density at radius 3 is 2.47 bits per heavy atom. The van der Waals surface area contributed by atoms with Crippen molar-refractivity contribution in [3.05, 3.63) is 99.0 Å². The predicted molar refractivity (Wildman–Crippen MR) is 126 cm³/mol. The second kappa shape index (κ2) is 8.15. The Morgan fingerprint density at radius 2 is 1.79 bits per heavy atom. The summed E-state index contributed by atoms with van der Waals surface area (Å²) < 4.78 is 11.3. The molecule has 1 unspecified atom stereocenters. The van der Waals surface area contributed by atoms with Crippen LogP contribution in [0.25, 0.3) is 11.0 Å². The molecule has 1 atom stereocenters. The van der Waals surface area contributed by atoms with Crippen LogP contribution in [0.15, 0.2) is 70.0 Å². The van der Waals surface area contributed by atoms with Crippen molar-refractivity contribution in [3.8, 4) is 5.75 Å². The molecule has 1 aliphatic rings. The van der Waals surface area contributed by atoms with Gasteiger partial charge in [0.15, 0.2) is 12.0 Å². The second-order valence-electron chi connectivity index (χ2n) is 8.27. The fourth-order valence-corrected chi connectivity index (χ4v) is 4.14. The Kier molecular flexibility index (Phi) is 5.13. The lowest BCUT2D eigenvalue weighted by atomic mass is 9.98. The minimum absolute atomic E-state index is 0.00258. The highest BCUT2D eigenvalue weighted by Crippen LogP contribution is 2.41. The summed E-state index contributed by atoms with van der Waals surface area (Å²) in [6.45, 7) is 3.54. The number of fused-ring (bicyclic) bond motifs is 2. The number of primary amides is 1. The molecule has 0 fully saturated rings. The fourth-order valence-electron chi connectivity index (χ4n) is 4.14. The Balaban J connectivity index is 1.69. The third-order valence-corrected chi connectivity index (χ3v) is 5.75. The van der Waals surface area contributed by atoms with Crippen LogP contribution in [0.2, 0.25) is 0 Å². The topological polar surface area (TPSA) is 116 Å². The molecule has 1 aliphatic heterocycles. The number of amides is 2. The van der Waals surface area contributed by atoms with Crippen molar-refractivity contribution in [1.82, 2.24) is 4.98 Å². The summed E-state index contributed by atoms with van der Waals surface area (Å²) in [4.78, 5) is 44.1. The average Bonchev–Trinajstić information content (AvgIpc) is 3.11. The normalized spacial score (nSPS) is 14.9. The van der Waals surface area contributed by atoms with Gasteiger partial charge in [-0.1, -0.05) is 29.8 Å². The highest BCUT2D eigenvalue weighted by atomic mass is 16.5. The zero-order valence-electron chi connectivity index (χ0n) is 18.6. The minimum Gasteiger partial charge on any atom is -0.484 e. The highest BCUT2D eigenvalue weighted by Gasteiger charge is 2.44. The number of rotatable bonds is 5. The quantitative estimate of drug-likeness (QED) is 0.493. The van der Waals surface area contributed by atoms with E-state index in [4.69, 9.17) is 14.9 Å². The number of nitrogens with zero attached hydrogens (tertiary/aromatic N) is 2. The number of nitrogens with two attached hydrogens (primary N) is 1. The van der Waals surface area contributed by atoms with Crippen molar-refractivity contribution in [3.63, 3.8) is 0 Å².